The fraction of sp³-hybridized carbons (Fsp3) is 0.292. The molecular formula is C24H25N3O5. The van der Waals surface area contributed by atoms with Gasteiger partial charge in [-0.25, -0.2) is 0 Å². The number of aromatic nitrogens is 1. The molecule has 2 amide bonds. The van der Waals surface area contributed by atoms with Gasteiger partial charge in [-0.1, -0.05) is 6.07 Å². The second kappa shape index (κ2) is 9.55. The summed E-state index contributed by atoms with van der Waals surface area (Å²) in [5.41, 5.74) is 1.58. The quantitative estimate of drug-likeness (QED) is 0.613. The Morgan fingerprint density at radius 1 is 1.12 bits per heavy atom. The third kappa shape index (κ3) is 4.44. The van der Waals surface area contributed by atoms with Gasteiger partial charge in [-0.15, -0.1) is 0 Å². The maximum Gasteiger partial charge on any atom is 0.289 e. The first kappa shape index (κ1) is 21.4. The summed E-state index contributed by atoms with van der Waals surface area (Å²) in [6.45, 7) is 0.924. The van der Waals surface area contributed by atoms with Gasteiger partial charge >= 0.3 is 0 Å². The van der Waals surface area contributed by atoms with Gasteiger partial charge in [0.15, 0.2) is 5.76 Å². The highest BCUT2D eigenvalue weighted by molar-refractivity contribution is 5.92. The van der Waals surface area contributed by atoms with Crippen molar-refractivity contribution in [1.29, 1.82) is 0 Å². The molecule has 3 aromatic rings. The molecule has 8 heteroatoms. The average Bonchev–Trinajstić information content (AvgIpc) is 3.53. The lowest BCUT2D eigenvalue weighted by atomic mass is 9.87. The van der Waals surface area contributed by atoms with Crippen LogP contribution in [-0.4, -0.2) is 49.0 Å². The van der Waals surface area contributed by atoms with E-state index in [4.69, 9.17) is 13.9 Å². The fourth-order valence-corrected chi connectivity index (χ4v) is 4.05. The van der Waals surface area contributed by atoms with Crippen LogP contribution in [0.2, 0.25) is 0 Å². The first-order valence-electron chi connectivity index (χ1n) is 10.3. The zero-order valence-electron chi connectivity index (χ0n) is 18.0. The minimum absolute atomic E-state index is 0.153. The maximum atomic E-state index is 13.2. The Bertz CT molecular complexity index is 1070. The number of furan rings is 1. The van der Waals surface area contributed by atoms with Crippen molar-refractivity contribution < 1.29 is 23.5 Å². The minimum atomic E-state index is -0.473. The van der Waals surface area contributed by atoms with Crippen molar-refractivity contribution in [2.45, 2.75) is 12.5 Å². The average molecular weight is 435 g/mol. The summed E-state index contributed by atoms with van der Waals surface area (Å²) in [7, 11) is 3.17. The maximum absolute atomic E-state index is 13.2. The van der Waals surface area contributed by atoms with Crippen LogP contribution in [-0.2, 0) is 11.3 Å². The Hall–Kier alpha value is -3.81. The standard InChI is InChI=1S/C24H25N3O5/c1-30-17-8-9-21(31-2)18(12-17)19-14-27(24(29)22-7-5-11-32-22)15-20(19)23(28)26-13-16-6-3-4-10-25-16/h3-12,19-20H,13-15H2,1-2H3,(H,26,28). The molecule has 1 aromatic carbocycles. The summed E-state index contributed by atoms with van der Waals surface area (Å²) in [5, 5.41) is 2.97. The van der Waals surface area contributed by atoms with Gasteiger partial charge in [-0.3, -0.25) is 14.6 Å². The van der Waals surface area contributed by atoms with E-state index in [2.05, 4.69) is 10.3 Å². The number of hydrogen-bond donors (Lipinski definition) is 1. The van der Waals surface area contributed by atoms with Crippen LogP contribution in [0.4, 0.5) is 0 Å². The van der Waals surface area contributed by atoms with Crippen LogP contribution in [0.3, 0.4) is 0 Å². The number of amides is 2. The minimum Gasteiger partial charge on any atom is -0.497 e. The molecule has 2 aromatic heterocycles. The van der Waals surface area contributed by atoms with Crippen LogP contribution in [0.5, 0.6) is 11.5 Å². The van der Waals surface area contributed by atoms with Crippen LogP contribution >= 0.6 is 0 Å². The van der Waals surface area contributed by atoms with E-state index in [0.717, 1.165) is 11.3 Å². The first-order valence-corrected chi connectivity index (χ1v) is 10.3. The van der Waals surface area contributed by atoms with E-state index in [9.17, 15) is 9.59 Å². The topological polar surface area (TPSA) is 93.9 Å². The van der Waals surface area contributed by atoms with Gasteiger partial charge in [-0.05, 0) is 42.5 Å². The lowest BCUT2D eigenvalue weighted by Gasteiger charge is -2.21. The Morgan fingerprint density at radius 3 is 2.69 bits per heavy atom. The number of ether oxygens (including phenoxy) is 2. The van der Waals surface area contributed by atoms with Crippen LogP contribution in [0.25, 0.3) is 0 Å². The molecule has 1 fully saturated rings. The largest absolute Gasteiger partial charge is 0.497 e. The molecule has 8 nitrogen and oxygen atoms in total. The van der Waals surface area contributed by atoms with Crippen molar-refractivity contribution >= 4 is 11.8 Å². The molecule has 0 saturated carbocycles. The lowest BCUT2D eigenvalue weighted by molar-refractivity contribution is -0.125. The van der Waals surface area contributed by atoms with E-state index >= 15 is 0 Å². The van der Waals surface area contributed by atoms with Crippen LogP contribution < -0.4 is 14.8 Å². The second-order valence-corrected chi connectivity index (χ2v) is 7.55. The molecule has 32 heavy (non-hydrogen) atoms. The van der Waals surface area contributed by atoms with Crippen LogP contribution in [0.1, 0.15) is 27.7 Å². The number of methoxy groups -OCH3 is 2. The number of carbonyl (C=O) groups excluding carboxylic acids is 2. The summed E-state index contributed by atoms with van der Waals surface area (Å²) >= 11 is 0. The number of rotatable bonds is 7. The van der Waals surface area contributed by atoms with E-state index in [-0.39, 0.29) is 30.0 Å². The molecule has 1 N–H and O–H groups in total. The van der Waals surface area contributed by atoms with Gasteiger partial charge in [-0.2, -0.15) is 0 Å². The first-order chi connectivity index (χ1) is 15.6. The lowest BCUT2D eigenvalue weighted by Crippen LogP contribution is -2.35. The van der Waals surface area contributed by atoms with Crippen molar-refractivity contribution in [2.24, 2.45) is 5.92 Å². The Kier molecular flexibility index (Phi) is 6.39. The van der Waals surface area contributed by atoms with E-state index in [0.29, 0.717) is 24.6 Å². The van der Waals surface area contributed by atoms with Crippen molar-refractivity contribution in [1.82, 2.24) is 15.2 Å². The molecule has 0 bridgehead atoms. The Labute approximate surface area is 186 Å². The molecule has 3 heterocycles. The van der Waals surface area contributed by atoms with Crippen molar-refractivity contribution in [2.75, 3.05) is 27.3 Å². The summed E-state index contributed by atoms with van der Waals surface area (Å²) in [6, 6.07) is 14.3. The number of likely N-dealkylation sites (tertiary alicyclic amines) is 1. The van der Waals surface area contributed by atoms with Gasteiger partial charge in [0.2, 0.25) is 5.91 Å². The van der Waals surface area contributed by atoms with E-state index in [1.165, 1.54) is 6.26 Å². The molecule has 0 radical (unpaired) electrons. The monoisotopic (exact) mass is 435 g/mol. The molecule has 166 valence electrons. The molecule has 2 unspecified atom stereocenters. The third-order valence-corrected chi connectivity index (χ3v) is 5.68. The Morgan fingerprint density at radius 2 is 2.00 bits per heavy atom. The highest BCUT2D eigenvalue weighted by Crippen LogP contribution is 2.40. The van der Waals surface area contributed by atoms with Crippen molar-refractivity contribution in [3.8, 4) is 11.5 Å². The molecule has 0 spiro atoms. The zero-order chi connectivity index (χ0) is 22.5. The van der Waals surface area contributed by atoms with Gasteiger partial charge in [0.1, 0.15) is 11.5 Å². The summed E-state index contributed by atoms with van der Waals surface area (Å²) in [4.78, 5) is 32.1. The SMILES string of the molecule is COc1ccc(OC)c(C2CN(C(=O)c3ccco3)CC2C(=O)NCc2ccccn2)c1. The number of nitrogens with zero attached hydrogens (tertiary/aromatic N) is 2. The highest BCUT2D eigenvalue weighted by atomic mass is 16.5. The van der Waals surface area contributed by atoms with E-state index in [1.807, 2.05) is 30.3 Å². The van der Waals surface area contributed by atoms with E-state index < -0.39 is 5.92 Å². The molecule has 1 saturated heterocycles. The molecule has 1 aliphatic rings. The predicted octanol–water partition coefficient (Wildman–Crippen LogP) is 2.86. The molecule has 0 aliphatic carbocycles. The fourth-order valence-electron chi connectivity index (χ4n) is 4.05. The predicted molar refractivity (Wildman–Crippen MR) is 116 cm³/mol. The molecule has 4 rings (SSSR count). The van der Waals surface area contributed by atoms with Gasteiger partial charge in [0.05, 0.1) is 38.6 Å². The highest BCUT2D eigenvalue weighted by Gasteiger charge is 2.42. The van der Waals surface area contributed by atoms with Crippen molar-refractivity contribution in [3.63, 3.8) is 0 Å². The zero-order valence-corrected chi connectivity index (χ0v) is 18.0. The summed E-state index contributed by atoms with van der Waals surface area (Å²) < 4.78 is 16.2. The van der Waals surface area contributed by atoms with Crippen molar-refractivity contribution in [3.05, 3.63) is 78.0 Å². The smallest absolute Gasteiger partial charge is 0.289 e. The number of pyridine rings is 1. The molecule has 2 atom stereocenters. The van der Waals surface area contributed by atoms with Gasteiger partial charge in [0.25, 0.3) is 5.91 Å². The Balaban J connectivity index is 1.61. The van der Waals surface area contributed by atoms with Crippen LogP contribution in [0.15, 0.2) is 65.4 Å². The van der Waals surface area contributed by atoms with Gasteiger partial charge in [0, 0.05) is 30.8 Å². The normalized spacial score (nSPS) is 17.8. The van der Waals surface area contributed by atoms with Crippen LogP contribution in [0, 0.1) is 5.92 Å². The molecular weight excluding hydrogens is 410 g/mol. The van der Waals surface area contributed by atoms with Gasteiger partial charge < -0.3 is 24.1 Å². The number of carbonyl (C=O) groups is 2. The van der Waals surface area contributed by atoms with E-state index in [1.54, 1.807) is 43.5 Å². The second-order valence-electron chi connectivity index (χ2n) is 7.55. The third-order valence-electron chi connectivity index (χ3n) is 5.68. The summed E-state index contributed by atoms with van der Waals surface area (Å²) in [5.74, 6) is 0.397. The summed E-state index contributed by atoms with van der Waals surface area (Å²) in [6.07, 6.45) is 3.15. The number of hydrogen-bond acceptors (Lipinski definition) is 6. The molecule has 1 aliphatic heterocycles. The number of nitrogens with one attached hydrogen (secondary N) is 1. The number of benzene rings is 1.